The second-order valence-electron chi connectivity index (χ2n) is 9.42. The Balaban J connectivity index is 1.69. The van der Waals surface area contributed by atoms with Gasteiger partial charge in [0.1, 0.15) is 23.1 Å². The molecular weight excluding hydrogens is 456 g/mol. The van der Waals surface area contributed by atoms with Gasteiger partial charge in [-0.2, -0.15) is 5.26 Å². The molecule has 1 heterocycles. The first-order chi connectivity index (χ1) is 17.2. The van der Waals surface area contributed by atoms with E-state index in [0.717, 1.165) is 5.56 Å². The average Bonchev–Trinajstić information content (AvgIpc) is 2.86. The van der Waals surface area contributed by atoms with Crippen LogP contribution in [0.5, 0.6) is 23.0 Å². The third-order valence-corrected chi connectivity index (χ3v) is 6.13. The van der Waals surface area contributed by atoms with Crippen molar-refractivity contribution in [2.24, 2.45) is 5.73 Å². The number of esters is 1. The van der Waals surface area contributed by atoms with E-state index in [0.29, 0.717) is 39.7 Å². The molecule has 0 radical (unpaired) electrons. The van der Waals surface area contributed by atoms with Gasteiger partial charge < -0.3 is 24.7 Å². The van der Waals surface area contributed by atoms with Crippen LogP contribution in [0.1, 0.15) is 53.7 Å². The molecule has 0 fully saturated rings. The van der Waals surface area contributed by atoms with Gasteiger partial charge in [-0.05, 0) is 35.2 Å². The molecule has 0 saturated carbocycles. The minimum Gasteiger partial charge on any atom is -0.493 e. The zero-order chi connectivity index (χ0) is 26.0. The molecule has 3 aromatic rings. The predicted octanol–water partition coefficient (Wildman–Crippen LogP) is 5.44. The fourth-order valence-corrected chi connectivity index (χ4v) is 4.23. The normalized spacial score (nSPS) is 14.8. The van der Waals surface area contributed by atoms with Crippen molar-refractivity contribution in [1.82, 2.24) is 0 Å². The molecule has 0 bridgehead atoms. The van der Waals surface area contributed by atoms with Crippen molar-refractivity contribution in [3.05, 3.63) is 94.4 Å². The molecule has 0 saturated heterocycles. The average molecular weight is 485 g/mol. The number of carbonyl (C=O) groups is 1. The van der Waals surface area contributed by atoms with Crippen LogP contribution in [0.15, 0.2) is 72.1 Å². The molecule has 1 aliphatic rings. The minimum absolute atomic E-state index is 0.0179. The monoisotopic (exact) mass is 484 g/mol. The number of nitriles is 1. The summed E-state index contributed by atoms with van der Waals surface area (Å²) in [6.45, 7) is 6.33. The summed E-state index contributed by atoms with van der Waals surface area (Å²) in [5.41, 5.74) is 9.31. The number of ether oxygens (including phenoxy) is 4. The van der Waals surface area contributed by atoms with E-state index in [4.69, 9.17) is 24.7 Å². The molecule has 1 atom stereocenters. The molecule has 7 nitrogen and oxygen atoms in total. The summed E-state index contributed by atoms with van der Waals surface area (Å²) in [7, 11) is 3.09. The van der Waals surface area contributed by atoms with Crippen LogP contribution in [0.2, 0.25) is 0 Å². The Morgan fingerprint density at radius 2 is 1.72 bits per heavy atom. The quantitative estimate of drug-likeness (QED) is 0.380. The van der Waals surface area contributed by atoms with Crippen molar-refractivity contribution < 1.29 is 23.7 Å². The smallest absolute Gasteiger partial charge is 0.343 e. The zero-order valence-corrected chi connectivity index (χ0v) is 20.9. The van der Waals surface area contributed by atoms with Crippen LogP contribution in [0.4, 0.5) is 0 Å². The Bertz CT molecular complexity index is 1380. The van der Waals surface area contributed by atoms with Gasteiger partial charge in [0.05, 0.1) is 25.7 Å². The first kappa shape index (κ1) is 24.7. The molecule has 1 aliphatic heterocycles. The number of fused-ring (bicyclic) bond motifs is 1. The molecule has 2 N–H and O–H groups in total. The second-order valence-corrected chi connectivity index (χ2v) is 9.42. The Hall–Kier alpha value is -4.44. The van der Waals surface area contributed by atoms with E-state index >= 15 is 0 Å². The maximum absolute atomic E-state index is 12.8. The van der Waals surface area contributed by atoms with Crippen LogP contribution in [0.3, 0.4) is 0 Å². The van der Waals surface area contributed by atoms with Crippen molar-refractivity contribution in [2.45, 2.75) is 32.1 Å². The van der Waals surface area contributed by atoms with Gasteiger partial charge in [-0.15, -0.1) is 0 Å². The third kappa shape index (κ3) is 4.58. The summed E-state index contributed by atoms with van der Waals surface area (Å²) in [4.78, 5) is 12.8. The standard InChI is InChI=1S/C29H28N2O5/c1-29(2,3)18-11-9-17(10-12-18)28(32)35-19-13-14-20-24(15-19)36-27(31)22(16-30)25(20)21-7-6-8-23(33-4)26(21)34-5/h6-15,25H,31H2,1-5H3. The Kier molecular flexibility index (Phi) is 6.63. The summed E-state index contributed by atoms with van der Waals surface area (Å²) in [6.07, 6.45) is 0. The highest BCUT2D eigenvalue weighted by Gasteiger charge is 2.34. The summed E-state index contributed by atoms with van der Waals surface area (Å²) >= 11 is 0. The number of carbonyl (C=O) groups excluding carboxylic acids is 1. The predicted molar refractivity (Wildman–Crippen MR) is 135 cm³/mol. The van der Waals surface area contributed by atoms with Crippen LogP contribution in [-0.2, 0) is 5.41 Å². The number of nitrogens with zero attached hydrogens (tertiary/aromatic N) is 1. The molecular formula is C29H28N2O5. The van der Waals surface area contributed by atoms with Gasteiger partial charge in [-0.1, -0.05) is 51.1 Å². The lowest BCUT2D eigenvalue weighted by Gasteiger charge is -2.28. The number of hydrogen-bond acceptors (Lipinski definition) is 7. The lowest BCUT2D eigenvalue weighted by atomic mass is 9.83. The lowest BCUT2D eigenvalue weighted by Crippen LogP contribution is -2.21. The molecule has 0 amide bonds. The first-order valence-corrected chi connectivity index (χ1v) is 11.4. The van der Waals surface area contributed by atoms with Crippen molar-refractivity contribution in [2.75, 3.05) is 14.2 Å². The largest absolute Gasteiger partial charge is 0.493 e. The lowest BCUT2D eigenvalue weighted by molar-refractivity contribution is 0.0734. The first-order valence-electron chi connectivity index (χ1n) is 11.4. The molecule has 4 rings (SSSR count). The summed E-state index contributed by atoms with van der Waals surface area (Å²) < 4.78 is 22.4. The van der Waals surface area contributed by atoms with Crippen LogP contribution in [0, 0.1) is 11.3 Å². The Labute approximate surface area is 210 Å². The van der Waals surface area contributed by atoms with Gasteiger partial charge >= 0.3 is 5.97 Å². The highest BCUT2D eigenvalue weighted by molar-refractivity contribution is 5.91. The fraction of sp³-hybridized carbons (Fsp3) is 0.241. The number of para-hydroxylation sites is 1. The topological polar surface area (TPSA) is 104 Å². The molecule has 0 aliphatic carbocycles. The summed E-state index contributed by atoms with van der Waals surface area (Å²) in [6, 6.07) is 20.0. The summed E-state index contributed by atoms with van der Waals surface area (Å²) in [5.74, 6) is 0.630. The Morgan fingerprint density at radius 1 is 1.00 bits per heavy atom. The molecule has 184 valence electrons. The molecule has 0 aromatic heterocycles. The van der Waals surface area contributed by atoms with Crippen molar-refractivity contribution >= 4 is 5.97 Å². The van der Waals surface area contributed by atoms with E-state index in [1.807, 2.05) is 24.3 Å². The van der Waals surface area contributed by atoms with E-state index in [1.54, 1.807) is 43.5 Å². The highest BCUT2D eigenvalue weighted by Crippen LogP contribution is 2.48. The van der Waals surface area contributed by atoms with E-state index in [1.165, 1.54) is 7.11 Å². The number of benzene rings is 3. The van der Waals surface area contributed by atoms with E-state index in [9.17, 15) is 10.1 Å². The van der Waals surface area contributed by atoms with Crippen LogP contribution in [-0.4, -0.2) is 20.2 Å². The fourth-order valence-electron chi connectivity index (χ4n) is 4.23. The summed E-state index contributed by atoms with van der Waals surface area (Å²) in [5, 5.41) is 9.87. The van der Waals surface area contributed by atoms with Gasteiger partial charge in [0, 0.05) is 17.2 Å². The number of methoxy groups -OCH3 is 2. The molecule has 0 spiro atoms. The molecule has 36 heavy (non-hydrogen) atoms. The second kappa shape index (κ2) is 9.67. The molecule has 7 heteroatoms. The van der Waals surface area contributed by atoms with Crippen molar-refractivity contribution in [1.29, 1.82) is 5.26 Å². The third-order valence-electron chi connectivity index (χ3n) is 6.13. The van der Waals surface area contributed by atoms with E-state index < -0.39 is 11.9 Å². The van der Waals surface area contributed by atoms with Gasteiger partial charge in [0.15, 0.2) is 11.5 Å². The van der Waals surface area contributed by atoms with E-state index in [2.05, 4.69) is 26.8 Å². The van der Waals surface area contributed by atoms with Gasteiger partial charge in [0.25, 0.3) is 0 Å². The Morgan fingerprint density at radius 3 is 2.33 bits per heavy atom. The number of allylic oxidation sites excluding steroid dienone is 1. The highest BCUT2D eigenvalue weighted by atomic mass is 16.5. The van der Waals surface area contributed by atoms with Gasteiger partial charge in [-0.25, -0.2) is 4.79 Å². The minimum atomic E-state index is -0.557. The zero-order valence-electron chi connectivity index (χ0n) is 20.9. The number of nitrogens with two attached hydrogens (primary N) is 1. The molecule has 1 unspecified atom stereocenters. The van der Waals surface area contributed by atoms with Crippen LogP contribution >= 0.6 is 0 Å². The van der Waals surface area contributed by atoms with Crippen LogP contribution < -0.4 is 24.7 Å². The van der Waals surface area contributed by atoms with Crippen molar-refractivity contribution in [3.8, 4) is 29.1 Å². The van der Waals surface area contributed by atoms with E-state index in [-0.39, 0.29) is 16.9 Å². The maximum Gasteiger partial charge on any atom is 0.343 e. The number of rotatable bonds is 5. The maximum atomic E-state index is 12.8. The van der Waals surface area contributed by atoms with Gasteiger partial charge in [-0.3, -0.25) is 0 Å². The van der Waals surface area contributed by atoms with Crippen molar-refractivity contribution in [3.63, 3.8) is 0 Å². The molecule has 3 aromatic carbocycles. The van der Waals surface area contributed by atoms with Crippen LogP contribution in [0.25, 0.3) is 0 Å². The number of hydrogen-bond donors (Lipinski definition) is 1. The SMILES string of the molecule is COc1cccc(C2C(C#N)=C(N)Oc3cc(OC(=O)c4ccc(C(C)(C)C)cc4)ccc32)c1OC. The van der Waals surface area contributed by atoms with Gasteiger partial charge in [0.2, 0.25) is 5.88 Å².